The molecule has 2 radical (unpaired) electrons. The van der Waals surface area contributed by atoms with Crippen molar-refractivity contribution < 1.29 is 0 Å². The Hall–Kier alpha value is -0.610. The molecule has 1 heterocycles. The third-order valence-corrected chi connectivity index (χ3v) is 2.12. The van der Waals surface area contributed by atoms with E-state index < -0.39 is 0 Å². The lowest BCUT2D eigenvalue weighted by atomic mass is 9.93. The summed E-state index contributed by atoms with van der Waals surface area (Å²) in [4.78, 5) is 4.16. The maximum Gasteiger partial charge on any atom is 0.200 e. The third kappa shape index (κ3) is 1.91. The first-order chi connectivity index (χ1) is 5.04. The van der Waals surface area contributed by atoms with Crippen molar-refractivity contribution in [2.45, 2.75) is 26.2 Å². The Bertz CT molecular complexity index is 236. The monoisotopic (exact) mass is 169 g/mol. The summed E-state index contributed by atoms with van der Waals surface area (Å²) in [5.74, 6) is 8.51. The lowest BCUT2D eigenvalue weighted by molar-refractivity contribution is 0.573. The molecule has 11 heavy (non-hydrogen) atoms. The first kappa shape index (κ1) is 8.49. The summed E-state index contributed by atoms with van der Waals surface area (Å²) in [6.45, 7) is 6.26. The van der Waals surface area contributed by atoms with Crippen molar-refractivity contribution in [3.8, 4) is 0 Å². The van der Waals surface area contributed by atoms with E-state index in [1.54, 1.807) is 0 Å². The van der Waals surface area contributed by atoms with Crippen LogP contribution in [0.3, 0.4) is 0 Å². The van der Waals surface area contributed by atoms with E-state index in [1.807, 2.05) is 10.8 Å². The molecule has 1 aromatic rings. The second-order valence-electron chi connectivity index (χ2n) is 3.40. The number of aromatic nitrogens is 1. The summed E-state index contributed by atoms with van der Waals surface area (Å²) >= 11 is 1.40. The average molecular weight is 169 g/mol. The van der Waals surface area contributed by atoms with Crippen molar-refractivity contribution in [3.63, 3.8) is 0 Å². The van der Waals surface area contributed by atoms with Gasteiger partial charge in [-0.3, -0.25) is 5.43 Å². The molecule has 0 saturated heterocycles. The molecule has 0 bridgehead atoms. The third-order valence-electron chi connectivity index (χ3n) is 1.37. The number of hydrogen-bond acceptors (Lipinski definition) is 3. The van der Waals surface area contributed by atoms with Crippen LogP contribution >= 0.6 is 11.3 Å². The Labute approximate surface area is 70.6 Å². The number of nitrogens with zero attached hydrogens (tertiary/aromatic N) is 2. The smallest absolute Gasteiger partial charge is 0.200 e. The fourth-order valence-corrected chi connectivity index (χ4v) is 1.50. The highest BCUT2D eigenvalue weighted by Gasteiger charge is 2.16. The number of anilines is 1. The molecular formula is C7H11N3S. The minimum Gasteiger partial charge on any atom is -0.261 e. The van der Waals surface area contributed by atoms with E-state index in [2.05, 4.69) is 25.8 Å². The van der Waals surface area contributed by atoms with Gasteiger partial charge in [-0.2, -0.15) is 0 Å². The van der Waals surface area contributed by atoms with Gasteiger partial charge in [-0.1, -0.05) is 20.8 Å². The Morgan fingerprint density at radius 1 is 1.55 bits per heavy atom. The Morgan fingerprint density at radius 3 is 2.45 bits per heavy atom. The van der Waals surface area contributed by atoms with Crippen LogP contribution in [0.15, 0.2) is 5.38 Å². The van der Waals surface area contributed by atoms with E-state index in [0.717, 1.165) is 5.69 Å². The van der Waals surface area contributed by atoms with E-state index in [4.69, 9.17) is 5.84 Å². The molecule has 0 fully saturated rings. The maximum atomic E-state index is 8.51. The van der Waals surface area contributed by atoms with E-state index >= 15 is 0 Å². The molecule has 0 aliphatic heterocycles. The van der Waals surface area contributed by atoms with Crippen molar-refractivity contribution >= 4 is 16.5 Å². The van der Waals surface area contributed by atoms with Gasteiger partial charge in [0.25, 0.3) is 0 Å². The van der Waals surface area contributed by atoms with Crippen molar-refractivity contribution in [2.75, 3.05) is 5.43 Å². The van der Waals surface area contributed by atoms with E-state index in [-0.39, 0.29) is 5.41 Å². The molecule has 0 aromatic carbocycles. The Morgan fingerprint density at radius 2 is 2.18 bits per heavy atom. The Kier molecular flexibility index (Phi) is 2.15. The predicted octanol–water partition coefficient (Wildman–Crippen LogP) is 1.84. The molecule has 0 amide bonds. The minimum atomic E-state index is 0.0611. The van der Waals surface area contributed by atoms with Crippen LogP contribution in [0.4, 0.5) is 5.13 Å². The number of rotatable bonds is 1. The molecule has 0 spiro atoms. The largest absolute Gasteiger partial charge is 0.261 e. The zero-order valence-electron chi connectivity index (χ0n) is 6.88. The SMILES string of the molecule is CC(C)(C)c1csc(N[N])n1. The molecule has 0 aliphatic carbocycles. The second-order valence-corrected chi connectivity index (χ2v) is 4.26. The highest BCUT2D eigenvalue weighted by Crippen LogP contribution is 2.25. The van der Waals surface area contributed by atoms with Gasteiger partial charge >= 0.3 is 0 Å². The van der Waals surface area contributed by atoms with Crippen molar-refractivity contribution in [1.29, 1.82) is 0 Å². The highest BCUT2D eigenvalue weighted by molar-refractivity contribution is 7.13. The summed E-state index contributed by atoms with van der Waals surface area (Å²) in [6.07, 6.45) is 0. The van der Waals surface area contributed by atoms with Crippen molar-refractivity contribution in [2.24, 2.45) is 0 Å². The van der Waals surface area contributed by atoms with Gasteiger partial charge in [0.15, 0.2) is 5.13 Å². The van der Waals surface area contributed by atoms with Crippen LogP contribution in [0.1, 0.15) is 26.5 Å². The topological polar surface area (TPSA) is 47.2 Å². The fraction of sp³-hybridized carbons (Fsp3) is 0.571. The first-order valence-electron chi connectivity index (χ1n) is 3.40. The van der Waals surface area contributed by atoms with Gasteiger partial charge in [-0.25, -0.2) is 4.98 Å². The highest BCUT2D eigenvalue weighted by atomic mass is 32.1. The van der Waals surface area contributed by atoms with Gasteiger partial charge in [-0.05, 0) is 5.84 Å². The van der Waals surface area contributed by atoms with Gasteiger partial charge in [0.05, 0.1) is 5.69 Å². The quantitative estimate of drug-likeness (QED) is 0.652. The number of hydrogen-bond donors (Lipinski definition) is 1. The minimum absolute atomic E-state index is 0.0611. The normalized spacial score (nSPS) is 11.6. The number of nitrogens with one attached hydrogen (secondary N) is 1. The zero-order chi connectivity index (χ0) is 8.48. The molecule has 1 rings (SSSR count). The molecule has 1 N–H and O–H groups in total. The van der Waals surface area contributed by atoms with Crippen molar-refractivity contribution in [1.82, 2.24) is 10.8 Å². The molecule has 0 atom stereocenters. The fourth-order valence-electron chi connectivity index (χ4n) is 0.670. The molecule has 0 saturated carbocycles. The van der Waals surface area contributed by atoms with Gasteiger partial charge in [0.1, 0.15) is 0 Å². The van der Waals surface area contributed by atoms with Crippen LogP contribution in [0.25, 0.3) is 0 Å². The molecule has 3 nitrogen and oxygen atoms in total. The van der Waals surface area contributed by atoms with E-state index in [0.29, 0.717) is 5.13 Å². The van der Waals surface area contributed by atoms with Gasteiger partial charge in [-0.15, -0.1) is 11.3 Å². The Balaban J connectivity index is 2.89. The van der Waals surface area contributed by atoms with Crippen LogP contribution in [0, 0.1) is 0 Å². The number of thiazole rings is 1. The second kappa shape index (κ2) is 2.79. The van der Waals surface area contributed by atoms with Crippen LogP contribution < -0.4 is 11.3 Å². The zero-order valence-corrected chi connectivity index (χ0v) is 7.70. The molecule has 0 aliphatic rings. The first-order valence-corrected chi connectivity index (χ1v) is 4.28. The van der Waals surface area contributed by atoms with E-state index in [9.17, 15) is 0 Å². The van der Waals surface area contributed by atoms with Crippen LogP contribution in [0.5, 0.6) is 0 Å². The summed E-state index contributed by atoms with van der Waals surface area (Å²) < 4.78 is 0. The van der Waals surface area contributed by atoms with Crippen LogP contribution in [-0.2, 0) is 5.41 Å². The van der Waals surface area contributed by atoms with Crippen LogP contribution in [0.2, 0.25) is 0 Å². The van der Waals surface area contributed by atoms with Gasteiger partial charge < -0.3 is 0 Å². The molecule has 0 unspecified atom stereocenters. The van der Waals surface area contributed by atoms with Gasteiger partial charge in [0.2, 0.25) is 0 Å². The lowest BCUT2D eigenvalue weighted by Gasteiger charge is -2.13. The average Bonchev–Trinajstić information content (AvgIpc) is 2.32. The van der Waals surface area contributed by atoms with Gasteiger partial charge in [0, 0.05) is 10.8 Å². The van der Waals surface area contributed by atoms with E-state index in [1.165, 1.54) is 11.3 Å². The molecule has 1 aromatic heterocycles. The van der Waals surface area contributed by atoms with Crippen molar-refractivity contribution in [3.05, 3.63) is 11.1 Å². The molecule has 4 heteroatoms. The molecular weight excluding hydrogens is 158 g/mol. The lowest BCUT2D eigenvalue weighted by Crippen LogP contribution is -2.11. The molecule has 60 valence electrons. The summed E-state index contributed by atoms with van der Waals surface area (Å²) in [5, 5.41) is 2.49. The van der Waals surface area contributed by atoms with Crippen LogP contribution in [-0.4, -0.2) is 4.98 Å². The summed E-state index contributed by atoms with van der Waals surface area (Å²) in [7, 11) is 0. The maximum absolute atomic E-state index is 8.51. The summed E-state index contributed by atoms with van der Waals surface area (Å²) in [5.41, 5.74) is 3.09. The predicted molar refractivity (Wildman–Crippen MR) is 46.6 cm³/mol. The summed E-state index contributed by atoms with van der Waals surface area (Å²) in [6, 6.07) is 0. The standard InChI is InChI=1S/C7H11N3S/c1-7(2,3)5-4-11-6(9-5)10-8/h4H,1-3H3,(H,9,10).